The lowest BCUT2D eigenvalue weighted by atomic mass is 10.1. The average molecular weight is 220 g/mol. The second-order valence-corrected chi connectivity index (χ2v) is 3.44. The van der Waals surface area contributed by atoms with Crippen molar-refractivity contribution in [2.75, 3.05) is 0 Å². The van der Waals surface area contributed by atoms with E-state index in [4.69, 9.17) is 0 Å². The van der Waals surface area contributed by atoms with Gasteiger partial charge < -0.3 is 0 Å². The summed E-state index contributed by atoms with van der Waals surface area (Å²) in [6, 6.07) is 6.34. The smallest absolute Gasteiger partial charge is 0.147 e. The van der Waals surface area contributed by atoms with E-state index in [9.17, 15) is 8.78 Å². The fourth-order valence-corrected chi connectivity index (χ4v) is 1.44. The molecule has 2 aromatic heterocycles. The van der Waals surface area contributed by atoms with Crippen molar-refractivity contribution in [1.82, 2.24) is 9.97 Å². The van der Waals surface area contributed by atoms with Crippen molar-refractivity contribution in [1.29, 1.82) is 0 Å². The van der Waals surface area contributed by atoms with Crippen LogP contribution in [0.2, 0.25) is 0 Å². The number of alkyl halides is 1. The Morgan fingerprint density at radius 1 is 1.25 bits per heavy atom. The SMILES string of the molecule is Cc1cc(-c2ccc(F)c(CF)n2)ccn1. The maximum Gasteiger partial charge on any atom is 0.147 e. The fourth-order valence-electron chi connectivity index (χ4n) is 1.44. The van der Waals surface area contributed by atoms with Crippen LogP contribution in [0.5, 0.6) is 0 Å². The largest absolute Gasteiger partial charge is 0.262 e. The van der Waals surface area contributed by atoms with E-state index in [-0.39, 0.29) is 5.69 Å². The van der Waals surface area contributed by atoms with Crippen molar-refractivity contribution in [3.05, 3.63) is 47.7 Å². The highest BCUT2D eigenvalue weighted by Gasteiger charge is 2.06. The second-order valence-electron chi connectivity index (χ2n) is 3.44. The van der Waals surface area contributed by atoms with Gasteiger partial charge in [0.15, 0.2) is 0 Å². The molecule has 0 amide bonds. The van der Waals surface area contributed by atoms with Gasteiger partial charge in [0, 0.05) is 17.5 Å². The van der Waals surface area contributed by atoms with Crippen molar-refractivity contribution in [2.24, 2.45) is 0 Å². The summed E-state index contributed by atoms with van der Waals surface area (Å²) in [6.07, 6.45) is 1.64. The molecule has 0 spiro atoms. The van der Waals surface area contributed by atoms with Crippen molar-refractivity contribution in [3.63, 3.8) is 0 Å². The Kier molecular flexibility index (Phi) is 2.90. The third kappa shape index (κ3) is 2.05. The maximum absolute atomic E-state index is 13.1. The van der Waals surface area contributed by atoms with Gasteiger partial charge in [-0.2, -0.15) is 0 Å². The monoisotopic (exact) mass is 220 g/mol. The van der Waals surface area contributed by atoms with Crippen LogP contribution in [0, 0.1) is 12.7 Å². The van der Waals surface area contributed by atoms with Gasteiger partial charge in [-0.1, -0.05) is 0 Å². The van der Waals surface area contributed by atoms with Crippen molar-refractivity contribution >= 4 is 0 Å². The first kappa shape index (κ1) is 10.7. The molecule has 0 aliphatic rings. The summed E-state index contributed by atoms with van der Waals surface area (Å²) in [5.41, 5.74) is 2.04. The fraction of sp³-hybridized carbons (Fsp3) is 0.167. The van der Waals surface area contributed by atoms with Crippen LogP contribution in [-0.2, 0) is 6.67 Å². The van der Waals surface area contributed by atoms with E-state index < -0.39 is 12.5 Å². The zero-order valence-electron chi connectivity index (χ0n) is 8.74. The molecule has 0 bridgehead atoms. The van der Waals surface area contributed by atoms with Crippen LogP contribution < -0.4 is 0 Å². The van der Waals surface area contributed by atoms with Gasteiger partial charge in [0.1, 0.15) is 18.2 Å². The molecular weight excluding hydrogens is 210 g/mol. The van der Waals surface area contributed by atoms with E-state index in [0.29, 0.717) is 5.69 Å². The van der Waals surface area contributed by atoms with Crippen molar-refractivity contribution in [2.45, 2.75) is 13.6 Å². The predicted octanol–water partition coefficient (Wildman–Crippen LogP) is 3.06. The highest BCUT2D eigenvalue weighted by atomic mass is 19.1. The Bertz CT molecular complexity index is 512. The van der Waals surface area contributed by atoms with E-state index in [2.05, 4.69) is 9.97 Å². The van der Waals surface area contributed by atoms with Crippen LogP contribution in [0.15, 0.2) is 30.5 Å². The summed E-state index contributed by atoms with van der Waals surface area (Å²) in [5.74, 6) is -0.614. The molecule has 0 fully saturated rings. The molecule has 16 heavy (non-hydrogen) atoms. The third-order valence-corrected chi connectivity index (χ3v) is 2.24. The van der Waals surface area contributed by atoms with Crippen LogP contribution in [0.4, 0.5) is 8.78 Å². The number of aryl methyl sites for hydroxylation is 1. The minimum atomic E-state index is -0.899. The lowest BCUT2D eigenvalue weighted by molar-refractivity contribution is 0.452. The van der Waals surface area contributed by atoms with Crippen molar-refractivity contribution < 1.29 is 8.78 Å². The summed E-state index contributed by atoms with van der Waals surface area (Å²) in [7, 11) is 0. The lowest BCUT2D eigenvalue weighted by Crippen LogP contribution is -1.95. The first-order valence-corrected chi connectivity index (χ1v) is 4.85. The van der Waals surface area contributed by atoms with E-state index in [1.54, 1.807) is 12.3 Å². The Morgan fingerprint density at radius 3 is 2.75 bits per heavy atom. The summed E-state index contributed by atoms with van der Waals surface area (Å²) in [5, 5.41) is 0. The highest BCUT2D eigenvalue weighted by Crippen LogP contribution is 2.19. The second kappa shape index (κ2) is 4.35. The Morgan fingerprint density at radius 2 is 2.06 bits per heavy atom. The molecular formula is C12H10F2N2. The Balaban J connectivity index is 2.48. The van der Waals surface area contributed by atoms with E-state index in [0.717, 1.165) is 11.3 Å². The van der Waals surface area contributed by atoms with Crippen LogP contribution in [0.1, 0.15) is 11.4 Å². The minimum Gasteiger partial charge on any atom is -0.262 e. The van der Waals surface area contributed by atoms with Crippen molar-refractivity contribution in [3.8, 4) is 11.3 Å². The quantitative estimate of drug-likeness (QED) is 0.777. The topological polar surface area (TPSA) is 25.8 Å². The summed E-state index contributed by atoms with van der Waals surface area (Å²) < 4.78 is 25.5. The van der Waals surface area contributed by atoms with Crippen LogP contribution in [-0.4, -0.2) is 9.97 Å². The van der Waals surface area contributed by atoms with E-state index in [1.165, 1.54) is 12.1 Å². The zero-order valence-corrected chi connectivity index (χ0v) is 8.74. The van der Waals surface area contributed by atoms with Gasteiger partial charge in [0.25, 0.3) is 0 Å². The molecule has 0 unspecified atom stereocenters. The molecule has 0 aliphatic heterocycles. The third-order valence-electron chi connectivity index (χ3n) is 2.24. The molecule has 2 heterocycles. The van der Waals surface area contributed by atoms with E-state index in [1.807, 2.05) is 13.0 Å². The number of halogens is 2. The number of rotatable bonds is 2. The van der Waals surface area contributed by atoms with Gasteiger partial charge in [-0.15, -0.1) is 0 Å². The van der Waals surface area contributed by atoms with E-state index >= 15 is 0 Å². The molecule has 2 rings (SSSR count). The normalized spacial score (nSPS) is 10.4. The minimum absolute atomic E-state index is 0.160. The first-order chi connectivity index (χ1) is 7.70. The predicted molar refractivity (Wildman–Crippen MR) is 57.0 cm³/mol. The number of hydrogen-bond donors (Lipinski definition) is 0. The molecule has 82 valence electrons. The summed E-state index contributed by atoms with van der Waals surface area (Å²) in [6.45, 7) is 0.951. The van der Waals surface area contributed by atoms with Crippen LogP contribution in [0.25, 0.3) is 11.3 Å². The summed E-state index contributed by atoms with van der Waals surface area (Å²) >= 11 is 0. The number of nitrogens with zero attached hydrogens (tertiary/aromatic N) is 2. The van der Waals surface area contributed by atoms with Crippen LogP contribution >= 0.6 is 0 Å². The molecule has 0 N–H and O–H groups in total. The Hall–Kier alpha value is -1.84. The first-order valence-electron chi connectivity index (χ1n) is 4.85. The molecule has 0 saturated heterocycles. The molecule has 0 atom stereocenters. The number of hydrogen-bond acceptors (Lipinski definition) is 2. The maximum atomic E-state index is 13.1. The average Bonchev–Trinajstić information content (AvgIpc) is 2.29. The van der Waals surface area contributed by atoms with Gasteiger partial charge in [-0.3, -0.25) is 4.98 Å². The van der Waals surface area contributed by atoms with Gasteiger partial charge in [0.05, 0.1) is 5.69 Å². The number of aromatic nitrogens is 2. The molecule has 0 aromatic carbocycles. The molecule has 0 aliphatic carbocycles. The van der Waals surface area contributed by atoms with Crippen LogP contribution in [0.3, 0.4) is 0 Å². The molecule has 4 heteroatoms. The highest BCUT2D eigenvalue weighted by molar-refractivity contribution is 5.59. The Labute approximate surface area is 92.0 Å². The zero-order chi connectivity index (χ0) is 11.5. The van der Waals surface area contributed by atoms with Gasteiger partial charge in [-0.25, -0.2) is 13.8 Å². The molecule has 2 nitrogen and oxygen atoms in total. The van der Waals surface area contributed by atoms with Gasteiger partial charge in [-0.05, 0) is 31.2 Å². The molecule has 2 aromatic rings. The van der Waals surface area contributed by atoms with Gasteiger partial charge in [0.2, 0.25) is 0 Å². The molecule has 0 radical (unpaired) electrons. The van der Waals surface area contributed by atoms with Gasteiger partial charge >= 0.3 is 0 Å². The summed E-state index contributed by atoms with van der Waals surface area (Å²) in [4.78, 5) is 7.97. The molecule has 0 saturated carbocycles. The lowest BCUT2D eigenvalue weighted by Gasteiger charge is -2.04. The standard InChI is InChI=1S/C12H10F2N2/c1-8-6-9(4-5-15-8)11-3-2-10(14)12(7-13)16-11/h2-6H,7H2,1H3. The number of pyridine rings is 2.